The van der Waals surface area contributed by atoms with Gasteiger partial charge in [0.15, 0.2) is 0 Å². The van der Waals surface area contributed by atoms with Crippen molar-refractivity contribution in [3.8, 4) is 44.5 Å². The van der Waals surface area contributed by atoms with E-state index in [1.165, 1.54) is 91.8 Å². The Morgan fingerprint density at radius 2 is 0.980 bits per heavy atom. The fourth-order valence-corrected chi connectivity index (χ4v) is 8.88. The van der Waals surface area contributed by atoms with Crippen molar-refractivity contribution in [1.82, 2.24) is 0 Å². The highest BCUT2D eigenvalue weighted by Gasteiger charge is 2.18. The predicted molar refractivity (Wildman–Crippen MR) is 215 cm³/mol. The second kappa shape index (κ2) is 12.2. The van der Waals surface area contributed by atoms with Gasteiger partial charge in [0.2, 0.25) is 0 Å². The van der Waals surface area contributed by atoms with Crippen molar-refractivity contribution in [2.75, 3.05) is 0 Å². The summed E-state index contributed by atoms with van der Waals surface area (Å²) in [6.07, 6.45) is 1.14. The smallest absolute Gasteiger partial charge is 0.0433 e. The molecular weight excluding hydrogens is 609 g/mol. The summed E-state index contributed by atoms with van der Waals surface area (Å²) in [6.45, 7) is 4.58. The SMILES string of the molecule is CCC(C)c1ccc(-c2c3ccccc3c(-c3ccccc3)c3ccc(-c4cccc(-c5cccc6c5sc5ccccc56)c4)cc23)cc1. The molecule has 0 spiro atoms. The van der Waals surface area contributed by atoms with Crippen LogP contribution in [0.5, 0.6) is 0 Å². The van der Waals surface area contributed by atoms with Gasteiger partial charge >= 0.3 is 0 Å². The Kier molecular flexibility index (Phi) is 7.37. The molecule has 0 aliphatic heterocycles. The maximum Gasteiger partial charge on any atom is 0.0433 e. The molecule has 1 unspecified atom stereocenters. The summed E-state index contributed by atoms with van der Waals surface area (Å²) in [6, 6.07) is 60.9. The van der Waals surface area contributed by atoms with Crippen molar-refractivity contribution in [2.24, 2.45) is 0 Å². The van der Waals surface area contributed by atoms with Gasteiger partial charge in [-0.1, -0.05) is 159 Å². The predicted octanol–water partition coefficient (Wildman–Crippen LogP) is 14.5. The summed E-state index contributed by atoms with van der Waals surface area (Å²) in [5, 5.41) is 7.80. The Bertz CT molecular complexity index is 2640. The topological polar surface area (TPSA) is 0 Å². The van der Waals surface area contributed by atoms with Crippen molar-refractivity contribution >= 4 is 53.1 Å². The van der Waals surface area contributed by atoms with Crippen molar-refractivity contribution in [1.29, 1.82) is 0 Å². The first-order valence-corrected chi connectivity index (χ1v) is 18.1. The van der Waals surface area contributed by atoms with Gasteiger partial charge in [-0.05, 0) is 102 Å². The van der Waals surface area contributed by atoms with Crippen LogP contribution in [0.2, 0.25) is 0 Å². The largest absolute Gasteiger partial charge is 0.135 e. The molecule has 1 heterocycles. The molecule has 234 valence electrons. The summed E-state index contributed by atoms with van der Waals surface area (Å²) >= 11 is 1.89. The van der Waals surface area contributed by atoms with Crippen LogP contribution in [-0.2, 0) is 0 Å². The Labute approximate surface area is 291 Å². The van der Waals surface area contributed by atoms with E-state index >= 15 is 0 Å². The summed E-state index contributed by atoms with van der Waals surface area (Å²) in [4.78, 5) is 0. The van der Waals surface area contributed by atoms with E-state index in [2.05, 4.69) is 178 Å². The highest BCUT2D eigenvalue weighted by molar-refractivity contribution is 7.26. The quantitative estimate of drug-likeness (QED) is 0.158. The molecule has 0 nitrogen and oxygen atoms in total. The fourth-order valence-electron chi connectivity index (χ4n) is 7.64. The first-order chi connectivity index (χ1) is 24.2. The van der Waals surface area contributed by atoms with Crippen LogP contribution in [0.4, 0.5) is 0 Å². The number of hydrogen-bond donors (Lipinski definition) is 0. The highest BCUT2D eigenvalue weighted by Crippen LogP contribution is 2.46. The van der Waals surface area contributed by atoms with E-state index in [9.17, 15) is 0 Å². The maximum atomic E-state index is 2.44. The number of rotatable bonds is 6. The molecular formula is C48H36S. The van der Waals surface area contributed by atoms with Crippen molar-refractivity contribution in [3.63, 3.8) is 0 Å². The lowest BCUT2D eigenvalue weighted by Gasteiger charge is -2.19. The minimum atomic E-state index is 0.542. The van der Waals surface area contributed by atoms with E-state index in [4.69, 9.17) is 0 Å². The van der Waals surface area contributed by atoms with Crippen molar-refractivity contribution < 1.29 is 0 Å². The lowest BCUT2D eigenvalue weighted by molar-refractivity contribution is 0.734. The monoisotopic (exact) mass is 644 g/mol. The number of benzene rings is 8. The van der Waals surface area contributed by atoms with Crippen molar-refractivity contribution in [3.05, 3.63) is 169 Å². The van der Waals surface area contributed by atoms with E-state index < -0.39 is 0 Å². The minimum absolute atomic E-state index is 0.542. The summed E-state index contributed by atoms with van der Waals surface area (Å²) in [5.41, 5.74) is 11.5. The van der Waals surface area contributed by atoms with Gasteiger partial charge in [-0.25, -0.2) is 0 Å². The standard InChI is InChI=1S/C48H36S/c1-3-31(2)32-23-25-34(26-24-32)47-41-19-8-7-18-40(41)46(33-13-5-4-6-14-33)42-28-27-36(30-44(42)47)35-15-11-16-37(29-35)38-20-12-21-43-39-17-9-10-22-45(39)49-48(38)43/h4-31H,3H2,1-2H3. The average Bonchev–Trinajstić information content (AvgIpc) is 3.56. The van der Waals surface area contributed by atoms with Crippen molar-refractivity contribution in [2.45, 2.75) is 26.2 Å². The van der Waals surface area contributed by atoms with E-state index in [0.29, 0.717) is 5.92 Å². The third-order valence-electron chi connectivity index (χ3n) is 10.4. The van der Waals surface area contributed by atoms with Gasteiger partial charge in [-0.15, -0.1) is 11.3 Å². The van der Waals surface area contributed by atoms with Gasteiger partial charge in [0.05, 0.1) is 0 Å². The zero-order valence-corrected chi connectivity index (χ0v) is 28.6. The van der Waals surface area contributed by atoms with Crippen LogP contribution in [0.15, 0.2) is 164 Å². The second-order valence-electron chi connectivity index (χ2n) is 13.2. The molecule has 49 heavy (non-hydrogen) atoms. The van der Waals surface area contributed by atoms with Crippen LogP contribution in [0, 0.1) is 0 Å². The zero-order chi connectivity index (χ0) is 32.9. The molecule has 8 aromatic carbocycles. The maximum absolute atomic E-state index is 2.44. The molecule has 1 aromatic heterocycles. The van der Waals surface area contributed by atoms with Crippen LogP contribution < -0.4 is 0 Å². The van der Waals surface area contributed by atoms with Crippen LogP contribution in [0.25, 0.3) is 86.2 Å². The lowest BCUT2D eigenvalue weighted by Crippen LogP contribution is -1.93. The van der Waals surface area contributed by atoms with Gasteiger partial charge in [0, 0.05) is 20.2 Å². The summed E-state index contributed by atoms with van der Waals surface area (Å²) in [5.74, 6) is 0.542. The first kappa shape index (κ1) is 29.6. The Hall–Kier alpha value is -5.50. The Balaban J connectivity index is 1.28. The molecule has 0 saturated carbocycles. The van der Waals surface area contributed by atoms with E-state index in [-0.39, 0.29) is 0 Å². The molecule has 0 saturated heterocycles. The molecule has 0 aliphatic rings. The molecule has 0 N–H and O–H groups in total. The molecule has 1 atom stereocenters. The zero-order valence-electron chi connectivity index (χ0n) is 27.8. The van der Waals surface area contributed by atoms with Crippen LogP contribution in [0.1, 0.15) is 31.7 Å². The fraction of sp³-hybridized carbons (Fsp3) is 0.0833. The average molecular weight is 645 g/mol. The minimum Gasteiger partial charge on any atom is -0.135 e. The van der Waals surface area contributed by atoms with Crippen LogP contribution in [-0.4, -0.2) is 0 Å². The molecule has 0 bridgehead atoms. The highest BCUT2D eigenvalue weighted by atomic mass is 32.1. The molecule has 0 fully saturated rings. The first-order valence-electron chi connectivity index (χ1n) is 17.3. The second-order valence-corrected chi connectivity index (χ2v) is 14.3. The summed E-state index contributed by atoms with van der Waals surface area (Å²) < 4.78 is 2.68. The number of thiophene rings is 1. The lowest BCUT2D eigenvalue weighted by atomic mass is 9.84. The molecule has 0 amide bonds. The van der Waals surface area contributed by atoms with Gasteiger partial charge < -0.3 is 0 Å². The Morgan fingerprint density at radius 1 is 0.429 bits per heavy atom. The van der Waals surface area contributed by atoms with E-state index in [1.807, 2.05) is 11.3 Å². The number of hydrogen-bond acceptors (Lipinski definition) is 1. The molecule has 1 heteroatoms. The third kappa shape index (κ3) is 5.05. The molecule has 9 aromatic rings. The van der Waals surface area contributed by atoms with E-state index in [0.717, 1.165) is 6.42 Å². The normalized spacial score (nSPS) is 12.3. The van der Waals surface area contributed by atoms with Crippen LogP contribution >= 0.6 is 11.3 Å². The van der Waals surface area contributed by atoms with Crippen LogP contribution in [0.3, 0.4) is 0 Å². The Morgan fingerprint density at radius 3 is 1.76 bits per heavy atom. The molecule has 0 radical (unpaired) electrons. The van der Waals surface area contributed by atoms with E-state index in [1.54, 1.807) is 0 Å². The molecule has 9 rings (SSSR count). The molecule has 0 aliphatic carbocycles. The summed E-state index contributed by atoms with van der Waals surface area (Å²) in [7, 11) is 0. The van der Waals surface area contributed by atoms with Gasteiger partial charge in [-0.2, -0.15) is 0 Å². The van der Waals surface area contributed by atoms with Gasteiger partial charge in [-0.3, -0.25) is 0 Å². The van der Waals surface area contributed by atoms with Gasteiger partial charge in [0.25, 0.3) is 0 Å². The third-order valence-corrected chi connectivity index (χ3v) is 11.6. The van der Waals surface area contributed by atoms with Gasteiger partial charge in [0.1, 0.15) is 0 Å². The number of fused-ring (bicyclic) bond motifs is 5.